The zero-order valence-corrected chi connectivity index (χ0v) is 18.0. The Morgan fingerprint density at radius 2 is 2.23 bits per heavy atom. The number of amides is 2. The van der Waals surface area contributed by atoms with Crippen LogP contribution in [0.3, 0.4) is 0 Å². The molecule has 31 heavy (non-hydrogen) atoms. The maximum Gasteiger partial charge on any atom is 0.296 e. The van der Waals surface area contributed by atoms with E-state index in [4.69, 9.17) is 16.3 Å². The zero-order chi connectivity index (χ0) is 21.8. The van der Waals surface area contributed by atoms with Crippen LogP contribution >= 0.6 is 22.9 Å². The number of aromatic nitrogens is 4. The van der Waals surface area contributed by atoms with Crippen LogP contribution in [0.15, 0.2) is 36.8 Å². The number of anilines is 2. The molecule has 2 N–H and O–H groups in total. The monoisotopic (exact) mass is 459 g/mol. The van der Waals surface area contributed by atoms with Gasteiger partial charge in [0.15, 0.2) is 0 Å². The van der Waals surface area contributed by atoms with Gasteiger partial charge in [-0.2, -0.15) is 0 Å². The van der Waals surface area contributed by atoms with Crippen molar-refractivity contribution in [1.82, 2.24) is 25.5 Å². The van der Waals surface area contributed by atoms with Crippen molar-refractivity contribution in [1.29, 1.82) is 0 Å². The van der Waals surface area contributed by atoms with Gasteiger partial charge in [-0.3, -0.25) is 24.9 Å². The van der Waals surface area contributed by atoms with Crippen LogP contribution in [-0.2, 0) is 11.4 Å². The summed E-state index contributed by atoms with van der Waals surface area (Å²) >= 11 is 6.91. The first-order chi connectivity index (χ1) is 15.0. The highest BCUT2D eigenvalue weighted by Crippen LogP contribution is 2.27. The summed E-state index contributed by atoms with van der Waals surface area (Å²) in [7, 11) is 0. The van der Waals surface area contributed by atoms with Crippen molar-refractivity contribution >= 4 is 45.6 Å². The fourth-order valence-corrected chi connectivity index (χ4v) is 3.73. The fraction of sp³-hybridized carbons (Fsp3) is 0.263. The Hall–Kier alpha value is -3.31. The van der Waals surface area contributed by atoms with Gasteiger partial charge in [0.2, 0.25) is 11.0 Å². The summed E-state index contributed by atoms with van der Waals surface area (Å²) in [6.07, 6.45) is 4.64. The smallest absolute Gasteiger partial charge is 0.296 e. The van der Waals surface area contributed by atoms with Crippen LogP contribution in [-0.4, -0.2) is 51.1 Å². The summed E-state index contributed by atoms with van der Waals surface area (Å²) < 4.78 is 5.57. The van der Waals surface area contributed by atoms with Crippen LogP contribution < -0.4 is 20.3 Å². The summed E-state index contributed by atoms with van der Waals surface area (Å²) in [5.74, 6) is -0.472. The van der Waals surface area contributed by atoms with E-state index in [9.17, 15) is 9.59 Å². The summed E-state index contributed by atoms with van der Waals surface area (Å²) in [5, 5.41) is 14.5. The Kier molecular flexibility index (Phi) is 6.23. The molecule has 0 aromatic carbocycles. The number of hydrogen-bond acceptors (Lipinski definition) is 9. The molecule has 0 saturated carbocycles. The molecule has 1 unspecified atom stereocenters. The molecule has 0 spiro atoms. The number of carbonyl (C=O) groups excluding carboxylic acids is 2. The third-order valence-electron chi connectivity index (χ3n) is 4.61. The van der Waals surface area contributed by atoms with E-state index in [1.54, 1.807) is 31.3 Å². The minimum atomic E-state index is -0.410. The first-order valence-corrected chi connectivity index (χ1v) is 10.6. The van der Waals surface area contributed by atoms with Crippen molar-refractivity contribution in [3.63, 3.8) is 0 Å². The second-order valence-electron chi connectivity index (χ2n) is 6.64. The Morgan fingerprint density at radius 3 is 3.03 bits per heavy atom. The van der Waals surface area contributed by atoms with Gasteiger partial charge in [-0.1, -0.05) is 16.7 Å². The lowest BCUT2D eigenvalue weighted by Gasteiger charge is -2.35. The van der Waals surface area contributed by atoms with E-state index in [0.717, 1.165) is 11.3 Å². The third kappa shape index (κ3) is 4.89. The quantitative estimate of drug-likeness (QED) is 0.574. The summed E-state index contributed by atoms with van der Waals surface area (Å²) in [6, 6.07) is 4.67. The van der Waals surface area contributed by atoms with Crippen LogP contribution in [0, 0.1) is 0 Å². The average molecular weight is 460 g/mol. The number of halogens is 1. The molecule has 10 nitrogen and oxygen atoms in total. The minimum absolute atomic E-state index is 0.0949. The van der Waals surface area contributed by atoms with Gasteiger partial charge in [-0.15, -0.1) is 5.10 Å². The predicted molar refractivity (Wildman–Crippen MR) is 115 cm³/mol. The van der Waals surface area contributed by atoms with Crippen LogP contribution in [0.1, 0.15) is 23.0 Å². The van der Waals surface area contributed by atoms with E-state index in [1.807, 2.05) is 4.90 Å². The largest absolute Gasteiger partial charge is 0.462 e. The van der Waals surface area contributed by atoms with Crippen molar-refractivity contribution in [2.24, 2.45) is 0 Å². The second kappa shape index (κ2) is 9.23. The van der Waals surface area contributed by atoms with Crippen molar-refractivity contribution in [2.45, 2.75) is 19.6 Å². The van der Waals surface area contributed by atoms with Crippen LogP contribution in [0.25, 0.3) is 0 Å². The van der Waals surface area contributed by atoms with E-state index < -0.39 is 6.04 Å². The normalized spacial score (nSPS) is 16.0. The van der Waals surface area contributed by atoms with Crippen LogP contribution in [0.5, 0.6) is 5.19 Å². The van der Waals surface area contributed by atoms with Crippen LogP contribution in [0.4, 0.5) is 10.8 Å². The average Bonchev–Trinajstić information content (AvgIpc) is 3.22. The van der Waals surface area contributed by atoms with E-state index in [0.29, 0.717) is 40.3 Å². The molecule has 4 heterocycles. The van der Waals surface area contributed by atoms with Gasteiger partial charge in [0.05, 0.1) is 28.2 Å². The third-order valence-corrected chi connectivity index (χ3v) is 5.59. The molecule has 2 amide bonds. The van der Waals surface area contributed by atoms with E-state index in [2.05, 4.69) is 30.8 Å². The standard InChI is InChI=1S/C19H18ClN7O3S/c1-11-16(28)22-6-7-27(11)15-9-21-5-4-14(15)17(29)24-18-25-26-19(31-18)30-10-13-3-2-12(20)8-23-13/h2-5,8-9,11H,6-7,10H2,1H3,(H,22,28)(H,24,25,29). The van der Waals surface area contributed by atoms with Crippen molar-refractivity contribution in [2.75, 3.05) is 23.3 Å². The molecular weight excluding hydrogens is 442 g/mol. The molecule has 160 valence electrons. The molecule has 0 bridgehead atoms. The number of piperazine rings is 1. The predicted octanol–water partition coefficient (Wildman–Crippen LogP) is 2.14. The molecule has 1 saturated heterocycles. The van der Waals surface area contributed by atoms with Crippen molar-refractivity contribution in [3.05, 3.63) is 53.1 Å². The summed E-state index contributed by atoms with van der Waals surface area (Å²) in [5.41, 5.74) is 1.66. The number of hydrogen-bond donors (Lipinski definition) is 2. The van der Waals surface area contributed by atoms with Crippen LogP contribution in [0.2, 0.25) is 5.02 Å². The first-order valence-electron chi connectivity index (χ1n) is 9.37. The summed E-state index contributed by atoms with van der Waals surface area (Å²) in [6.45, 7) is 3.06. The van der Waals surface area contributed by atoms with Gasteiger partial charge < -0.3 is 15.0 Å². The number of carbonyl (C=O) groups is 2. The molecule has 3 aromatic rings. The molecule has 4 rings (SSSR count). The Morgan fingerprint density at radius 1 is 1.35 bits per heavy atom. The molecular formula is C19H18ClN7O3S. The Labute approximate surface area is 186 Å². The minimum Gasteiger partial charge on any atom is -0.462 e. The van der Waals surface area contributed by atoms with Gasteiger partial charge in [0, 0.05) is 25.5 Å². The van der Waals surface area contributed by atoms with Gasteiger partial charge in [-0.05, 0) is 36.5 Å². The lowest BCUT2D eigenvalue weighted by Crippen LogP contribution is -2.54. The van der Waals surface area contributed by atoms with Gasteiger partial charge >= 0.3 is 0 Å². The molecule has 1 aliphatic rings. The van der Waals surface area contributed by atoms with Crippen molar-refractivity contribution in [3.8, 4) is 5.19 Å². The van der Waals surface area contributed by atoms with Crippen molar-refractivity contribution < 1.29 is 14.3 Å². The Balaban J connectivity index is 1.43. The zero-order valence-electron chi connectivity index (χ0n) is 16.4. The van der Waals surface area contributed by atoms with Gasteiger partial charge in [0.25, 0.3) is 11.1 Å². The summed E-state index contributed by atoms with van der Waals surface area (Å²) in [4.78, 5) is 35.0. The van der Waals surface area contributed by atoms with E-state index in [1.165, 1.54) is 12.4 Å². The molecule has 1 aliphatic heterocycles. The highest BCUT2D eigenvalue weighted by molar-refractivity contribution is 7.17. The highest BCUT2D eigenvalue weighted by atomic mass is 35.5. The first kappa shape index (κ1) is 20.9. The number of rotatable bonds is 6. The second-order valence-corrected chi connectivity index (χ2v) is 8.01. The Bertz CT molecular complexity index is 1090. The van der Waals surface area contributed by atoms with E-state index >= 15 is 0 Å². The number of nitrogens with zero attached hydrogens (tertiary/aromatic N) is 5. The van der Waals surface area contributed by atoms with Gasteiger partial charge in [0.1, 0.15) is 12.6 Å². The molecule has 1 fully saturated rings. The highest BCUT2D eigenvalue weighted by Gasteiger charge is 2.28. The molecule has 3 aromatic heterocycles. The number of ether oxygens (including phenoxy) is 1. The maximum absolute atomic E-state index is 12.9. The van der Waals surface area contributed by atoms with E-state index in [-0.39, 0.29) is 23.6 Å². The topological polar surface area (TPSA) is 122 Å². The number of nitrogens with one attached hydrogen (secondary N) is 2. The number of pyridine rings is 2. The molecule has 1 atom stereocenters. The fourth-order valence-electron chi connectivity index (χ4n) is 3.03. The molecule has 0 radical (unpaired) electrons. The maximum atomic E-state index is 12.9. The molecule has 0 aliphatic carbocycles. The lowest BCUT2D eigenvalue weighted by atomic mass is 10.1. The SMILES string of the molecule is CC1C(=O)NCCN1c1cnccc1C(=O)Nc1nnc(OCc2ccc(Cl)cn2)s1. The molecule has 12 heteroatoms. The lowest BCUT2D eigenvalue weighted by molar-refractivity contribution is -0.122. The van der Waals surface area contributed by atoms with Gasteiger partial charge in [-0.25, -0.2) is 0 Å².